The fourth-order valence-electron chi connectivity index (χ4n) is 3.56. The van der Waals surface area contributed by atoms with Crippen LogP contribution < -0.4 is 0 Å². The van der Waals surface area contributed by atoms with Crippen molar-refractivity contribution < 1.29 is 22.0 Å². The summed E-state index contributed by atoms with van der Waals surface area (Å²) in [6.45, 7) is 0.475. The van der Waals surface area contributed by atoms with Crippen molar-refractivity contribution in [1.29, 1.82) is 0 Å². The van der Waals surface area contributed by atoms with Crippen LogP contribution in [0.5, 0.6) is 0 Å². The number of rotatable bonds is 4. The third kappa shape index (κ3) is 3.97. The van der Waals surface area contributed by atoms with Gasteiger partial charge in [0.15, 0.2) is 9.84 Å². The first-order valence-electron chi connectivity index (χ1n) is 9.45. The minimum atomic E-state index is -3.69. The van der Waals surface area contributed by atoms with Crippen LogP contribution in [0, 0.1) is 11.6 Å². The van der Waals surface area contributed by atoms with E-state index in [1.807, 2.05) is 0 Å². The van der Waals surface area contributed by atoms with Gasteiger partial charge in [0.05, 0.1) is 15.8 Å². The second-order valence-electron chi connectivity index (χ2n) is 7.19. The number of hydrogen-bond acceptors (Lipinski definition) is 4. The number of aromatic nitrogens is 2. The van der Waals surface area contributed by atoms with Gasteiger partial charge >= 0.3 is 0 Å². The summed E-state index contributed by atoms with van der Waals surface area (Å²) in [6, 6.07) is 12.0. The molecule has 1 aliphatic rings. The highest BCUT2D eigenvalue weighted by Gasteiger charge is 2.34. The van der Waals surface area contributed by atoms with Gasteiger partial charge in [-0.15, -0.1) is 0 Å². The number of benzene rings is 2. The van der Waals surface area contributed by atoms with Gasteiger partial charge in [-0.05, 0) is 67.4 Å². The van der Waals surface area contributed by atoms with Crippen LogP contribution in [-0.4, -0.2) is 47.8 Å². The zero-order chi connectivity index (χ0) is 21.3. The molecular weight excluding hydrogens is 412 g/mol. The van der Waals surface area contributed by atoms with E-state index in [4.69, 9.17) is 0 Å². The summed E-state index contributed by atoms with van der Waals surface area (Å²) in [5.41, 5.74) is 1.38. The Balaban J connectivity index is 1.51. The van der Waals surface area contributed by atoms with E-state index >= 15 is 0 Å². The quantitative estimate of drug-likeness (QED) is 0.642. The molecule has 0 spiro atoms. The van der Waals surface area contributed by atoms with Crippen molar-refractivity contribution in [2.75, 3.05) is 13.1 Å². The number of hydrogen-bond donors (Lipinski definition) is 1. The third-order valence-corrected chi connectivity index (χ3v) is 7.39. The van der Waals surface area contributed by atoms with Gasteiger partial charge in [0, 0.05) is 18.7 Å². The van der Waals surface area contributed by atoms with E-state index in [9.17, 15) is 22.0 Å². The van der Waals surface area contributed by atoms with E-state index in [2.05, 4.69) is 10.2 Å². The molecule has 3 aromatic rings. The van der Waals surface area contributed by atoms with E-state index in [1.165, 1.54) is 29.2 Å². The molecule has 1 saturated heterocycles. The number of likely N-dealkylation sites (tertiary alicyclic amines) is 1. The molecule has 2 heterocycles. The van der Waals surface area contributed by atoms with Gasteiger partial charge in [-0.25, -0.2) is 17.2 Å². The molecule has 1 amide bonds. The normalized spacial score (nSPS) is 17.1. The molecule has 156 valence electrons. The standard InChI is InChI=1S/C21H19F2N3O3S/c22-15-5-3-14(4-6-15)19-12-20(25-24-19)21(27)26-11-1-2-18(13-26)30(28,29)17-9-7-16(23)8-10-17/h3-10,12,18H,1-2,11,13H2,(H,24,25)/t18-/m0/s1. The predicted molar refractivity (Wildman–Crippen MR) is 106 cm³/mol. The Morgan fingerprint density at radius 3 is 2.33 bits per heavy atom. The van der Waals surface area contributed by atoms with Crippen LogP contribution in [0.1, 0.15) is 23.3 Å². The summed E-state index contributed by atoms with van der Waals surface area (Å²) in [4.78, 5) is 14.4. The molecular formula is C21H19F2N3O3S. The molecule has 2 aromatic carbocycles. The molecule has 0 unspecified atom stereocenters. The Hall–Kier alpha value is -3.07. The van der Waals surface area contributed by atoms with Crippen molar-refractivity contribution in [2.45, 2.75) is 23.0 Å². The lowest BCUT2D eigenvalue weighted by atomic mass is 10.1. The second-order valence-corrected chi connectivity index (χ2v) is 9.42. The Morgan fingerprint density at radius 2 is 1.67 bits per heavy atom. The van der Waals surface area contributed by atoms with E-state index in [-0.39, 0.29) is 28.9 Å². The average Bonchev–Trinajstić information content (AvgIpc) is 3.24. The first-order chi connectivity index (χ1) is 14.3. The van der Waals surface area contributed by atoms with Gasteiger partial charge in [-0.2, -0.15) is 5.10 Å². The molecule has 9 heteroatoms. The highest BCUT2D eigenvalue weighted by atomic mass is 32.2. The molecule has 4 rings (SSSR count). The molecule has 0 bridgehead atoms. The van der Waals surface area contributed by atoms with Gasteiger partial charge in [0.2, 0.25) is 0 Å². The van der Waals surface area contributed by atoms with Crippen LogP contribution in [-0.2, 0) is 9.84 Å². The first-order valence-corrected chi connectivity index (χ1v) is 11.0. The molecule has 6 nitrogen and oxygen atoms in total. The van der Waals surface area contributed by atoms with Crippen LogP contribution >= 0.6 is 0 Å². The average molecular weight is 431 g/mol. The fraction of sp³-hybridized carbons (Fsp3) is 0.238. The maximum atomic E-state index is 13.1. The second kappa shape index (κ2) is 7.98. The highest BCUT2D eigenvalue weighted by molar-refractivity contribution is 7.92. The van der Waals surface area contributed by atoms with Crippen LogP contribution in [0.4, 0.5) is 8.78 Å². The SMILES string of the molecule is O=C(c1cc(-c2ccc(F)cc2)n[nH]1)N1CCC[C@H](S(=O)(=O)c2ccc(F)cc2)C1. The number of halogens is 2. The van der Waals surface area contributed by atoms with E-state index < -0.39 is 20.9 Å². The van der Waals surface area contributed by atoms with Gasteiger partial charge < -0.3 is 4.90 Å². The lowest BCUT2D eigenvalue weighted by Gasteiger charge is -2.32. The number of carbonyl (C=O) groups is 1. The van der Waals surface area contributed by atoms with Crippen molar-refractivity contribution in [3.63, 3.8) is 0 Å². The Kier molecular flexibility index (Phi) is 5.38. The highest BCUT2D eigenvalue weighted by Crippen LogP contribution is 2.25. The number of H-pyrrole nitrogens is 1. The van der Waals surface area contributed by atoms with Gasteiger partial charge in [-0.1, -0.05) is 0 Å². The minimum Gasteiger partial charge on any atom is -0.336 e. The maximum absolute atomic E-state index is 13.1. The van der Waals surface area contributed by atoms with E-state index in [1.54, 1.807) is 18.2 Å². The number of nitrogens with one attached hydrogen (secondary N) is 1. The number of aromatic amines is 1. The molecule has 1 aromatic heterocycles. The minimum absolute atomic E-state index is 0.0448. The number of amides is 1. The summed E-state index contributed by atoms with van der Waals surface area (Å²) in [5.74, 6) is -1.23. The number of sulfone groups is 1. The lowest BCUT2D eigenvalue weighted by Crippen LogP contribution is -2.45. The van der Waals surface area contributed by atoms with Crippen molar-refractivity contribution in [1.82, 2.24) is 15.1 Å². The molecule has 0 saturated carbocycles. The van der Waals surface area contributed by atoms with E-state index in [0.29, 0.717) is 30.6 Å². The monoisotopic (exact) mass is 431 g/mol. The van der Waals surface area contributed by atoms with Crippen LogP contribution in [0.25, 0.3) is 11.3 Å². The van der Waals surface area contributed by atoms with E-state index in [0.717, 1.165) is 12.1 Å². The number of nitrogens with zero attached hydrogens (tertiary/aromatic N) is 2. The topological polar surface area (TPSA) is 83.1 Å². The van der Waals surface area contributed by atoms with Crippen molar-refractivity contribution in [2.24, 2.45) is 0 Å². The molecule has 1 atom stereocenters. The zero-order valence-electron chi connectivity index (χ0n) is 15.9. The summed E-state index contributed by atoms with van der Waals surface area (Å²) < 4.78 is 52.1. The van der Waals surface area contributed by atoms with Crippen LogP contribution in [0.3, 0.4) is 0 Å². The van der Waals surface area contributed by atoms with Crippen LogP contribution in [0.15, 0.2) is 59.5 Å². The van der Waals surface area contributed by atoms with Gasteiger partial charge in [0.1, 0.15) is 17.3 Å². The maximum Gasteiger partial charge on any atom is 0.271 e. The number of carbonyl (C=O) groups excluding carboxylic acids is 1. The summed E-state index contributed by atoms with van der Waals surface area (Å²) in [5, 5.41) is 6.02. The Morgan fingerprint density at radius 1 is 1.03 bits per heavy atom. The molecule has 0 radical (unpaired) electrons. The predicted octanol–water partition coefficient (Wildman–Crippen LogP) is 3.43. The number of piperidine rings is 1. The Labute approximate surface area is 172 Å². The Bertz CT molecular complexity index is 1160. The largest absolute Gasteiger partial charge is 0.336 e. The van der Waals surface area contributed by atoms with Crippen LogP contribution in [0.2, 0.25) is 0 Å². The van der Waals surface area contributed by atoms with Gasteiger partial charge in [-0.3, -0.25) is 9.89 Å². The summed E-state index contributed by atoms with van der Waals surface area (Å²) in [6.07, 6.45) is 0.961. The van der Waals surface area contributed by atoms with Gasteiger partial charge in [0.25, 0.3) is 5.91 Å². The molecule has 1 aliphatic heterocycles. The molecule has 1 N–H and O–H groups in total. The molecule has 1 fully saturated rings. The third-order valence-electron chi connectivity index (χ3n) is 5.19. The van der Waals surface area contributed by atoms with Crippen molar-refractivity contribution >= 4 is 15.7 Å². The molecule has 30 heavy (non-hydrogen) atoms. The first kappa shape index (κ1) is 20.2. The zero-order valence-corrected chi connectivity index (χ0v) is 16.7. The summed E-state index contributed by atoms with van der Waals surface area (Å²) >= 11 is 0. The molecule has 0 aliphatic carbocycles. The fourth-order valence-corrected chi connectivity index (χ4v) is 5.32. The van der Waals surface area contributed by atoms with Crippen molar-refractivity contribution in [3.8, 4) is 11.3 Å². The van der Waals surface area contributed by atoms with Crippen molar-refractivity contribution in [3.05, 3.63) is 71.9 Å². The summed E-state index contributed by atoms with van der Waals surface area (Å²) in [7, 11) is -3.69. The smallest absolute Gasteiger partial charge is 0.271 e. The lowest BCUT2D eigenvalue weighted by molar-refractivity contribution is 0.0721.